The second-order valence-electron chi connectivity index (χ2n) is 8.65. The Balaban J connectivity index is 1.24. The van der Waals surface area contributed by atoms with E-state index in [2.05, 4.69) is 5.32 Å². The molecule has 3 fully saturated rings. The fourth-order valence-electron chi connectivity index (χ4n) is 4.45. The molecule has 1 amide bonds. The molecule has 1 N–H and O–H groups in total. The van der Waals surface area contributed by atoms with Crippen molar-refractivity contribution in [3.05, 3.63) is 54.1 Å². The molecule has 0 spiro atoms. The van der Waals surface area contributed by atoms with E-state index in [1.807, 2.05) is 30.3 Å². The highest BCUT2D eigenvalue weighted by Crippen LogP contribution is 2.36. The number of fused-ring (bicyclic) bond motifs is 1. The molecule has 1 saturated carbocycles. The quantitative estimate of drug-likeness (QED) is 0.638. The third kappa shape index (κ3) is 4.36. The molecule has 0 radical (unpaired) electrons. The van der Waals surface area contributed by atoms with Crippen molar-refractivity contribution in [2.75, 3.05) is 20.3 Å². The Labute approximate surface area is 187 Å². The minimum atomic E-state index is -0.196. The second-order valence-corrected chi connectivity index (χ2v) is 8.65. The van der Waals surface area contributed by atoms with Crippen LogP contribution in [0.5, 0.6) is 17.2 Å². The zero-order chi connectivity index (χ0) is 22.1. The highest BCUT2D eigenvalue weighted by molar-refractivity contribution is 5.99. The number of carbonyl (C=O) groups is 2. The van der Waals surface area contributed by atoms with Gasteiger partial charge in [-0.1, -0.05) is 18.2 Å². The summed E-state index contributed by atoms with van der Waals surface area (Å²) in [5, 5.41) is 3.06. The van der Waals surface area contributed by atoms with E-state index in [1.54, 1.807) is 25.3 Å². The van der Waals surface area contributed by atoms with Crippen molar-refractivity contribution in [3.8, 4) is 17.2 Å². The molecule has 7 heteroatoms. The minimum Gasteiger partial charge on any atom is -0.497 e. The van der Waals surface area contributed by atoms with Gasteiger partial charge >= 0.3 is 0 Å². The topological polar surface area (TPSA) is 83.1 Å². The van der Waals surface area contributed by atoms with Crippen LogP contribution in [0.4, 0.5) is 0 Å². The number of nitrogens with one attached hydrogen (secondary N) is 1. The molecule has 2 aromatic rings. The molecule has 168 valence electrons. The van der Waals surface area contributed by atoms with E-state index in [9.17, 15) is 9.59 Å². The summed E-state index contributed by atoms with van der Waals surface area (Å²) in [6, 6.07) is 14.4. The number of hydrogen-bond donors (Lipinski definition) is 1. The van der Waals surface area contributed by atoms with Crippen molar-refractivity contribution in [2.24, 2.45) is 11.8 Å². The predicted octanol–water partition coefficient (Wildman–Crippen LogP) is 3.37. The number of amides is 1. The number of hydrogen-bond acceptors (Lipinski definition) is 6. The Morgan fingerprint density at radius 3 is 2.59 bits per heavy atom. The number of ketones is 1. The molecule has 2 aliphatic heterocycles. The van der Waals surface area contributed by atoms with Crippen molar-refractivity contribution >= 4 is 11.7 Å². The van der Waals surface area contributed by atoms with Gasteiger partial charge in [-0.2, -0.15) is 0 Å². The van der Waals surface area contributed by atoms with E-state index in [4.69, 9.17) is 18.9 Å². The van der Waals surface area contributed by atoms with Gasteiger partial charge in [-0.3, -0.25) is 9.59 Å². The third-order valence-electron chi connectivity index (χ3n) is 6.34. The number of para-hydroxylation sites is 1. The van der Waals surface area contributed by atoms with Crippen LogP contribution in [0.2, 0.25) is 0 Å². The van der Waals surface area contributed by atoms with E-state index in [-0.39, 0.29) is 41.8 Å². The number of Topliss-reactive ketones (excluding diaryl/α,β-unsaturated/α-hetero) is 1. The van der Waals surface area contributed by atoms with Gasteiger partial charge in [0.25, 0.3) is 0 Å². The normalized spacial score (nSPS) is 26.4. The first-order valence-corrected chi connectivity index (χ1v) is 11.1. The van der Waals surface area contributed by atoms with E-state index in [0.29, 0.717) is 42.4 Å². The van der Waals surface area contributed by atoms with Crippen molar-refractivity contribution in [1.29, 1.82) is 0 Å². The SMILES string of the molecule is COc1cccc(Oc2ccccc2C(=O)C[C@H]2CO[C@H]3[C@@H]2OC[C@@H]3NC(=O)C2CC2)c1. The molecule has 3 aliphatic rings. The molecule has 0 bridgehead atoms. The van der Waals surface area contributed by atoms with Gasteiger partial charge in [-0.15, -0.1) is 0 Å². The van der Waals surface area contributed by atoms with Gasteiger partial charge in [-0.05, 0) is 37.1 Å². The highest BCUT2D eigenvalue weighted by atomic mass is 16.6. The van der Waals surface area contributed by atoms with Gasteiger partial charge in [0.15, 0.2) is 5.78 Å². The third-order valence-corrected chi connectivity index (χ3v) is 6.34. The van der Waals surface area contributed by atoms with Crippen molar-refractivity contribution in [2.45, 2.75) is 37.5 Å². The molecule has 0 aromatic heterocycles. The second kappa shape index (κ2) is 8.92. The summed E-state index contributed by atoms with van der Waals surface area (Å²) in [6.45, 7) is 0.865. The molecule has 0 unspecified atom stereocenters. The van der Waals surface area contributed by atoms with Gasteiger partial charge < -0.3 is 24.3 Å². The summed E-state index contributed by atoms with van der Waals surface area (Å²) in [7, 11) is 1.60. The average Bonchev–Trinajstić information content (AvgIpc) is 3.49. The zero-order valence-corrected chi connectivity index (χ0v) is 18.0. The standard InChI is InChI=1S/C25H27NO6/c1-29-17-5-4-6-18(12-17)32-22-8-3-2-7-19(22)21(27)11-16-13-30-24-20(14-31-23(16)24)26-25(28)15-9-10-15/h2-8,12,15-16,20,23-24H,9-11,13-14H2,1H3,(H,26,28)/t16-,20-,23+,24+/m0/s1. The summed E-state index contributed by atoms with van der Waals surface area (Å²) in [4.78, 5) is 25.3. The smallest absolute Gasteiger partial charge is 0.223 e. The van der Waals surface area contributed by atoms with Crippen LogP contribution < -0.4 is 14.8 Å². The summed E-state index contributed by atoms with van der Waals surface area (Å²) in [5.74, 6) is 1.94. The van der Waals surface area contributed by atoms with E-state index in [0.717, 1.165) is 12.8 Å². The van der Waals surface area contributed by atoms with Gasteiger partial charge in [0, 0.05) is 24.3 Å². The zero-order valence-electron chi connectivity index (χ0n) is 18.0. The van der Waals surface area contributed by atoms with E-state index >= 15 is 0 Å². The Morgan fingerprint density at radius 1 is 1.00 bits per heavy atom. The lowest BCUT2D eigenvalue weighted by atomic mass is 9.92. The van der Waals surface area contributed by atoms with Crippen LogP contribution in [0.3, 0.4) is 0 Å². The lowest BCUT2D eigenvalue weighted by molar-refractivity contribution is -0.123. The van der Waals surface area contributed by atoms with Crippen molar-refractivity contribution in [3.63, 3.8) is 0 Å². The first-order chi connectivity index (χ1) is 15.6. The van der Waals surface area contributed by atoms with Gasteiger partial charge in [0.1, 0.15) is 23.4 Å². The molecule has 32 heavy (non-hydrogen) atoms. The number of benzene rings is 2. The summed E-state index contributed by atoms with van der Waals surface area (Å²) < 4.78 is 23.2. The Kier molecular flexibility index (Phi) is 5.85. The summed E-state index contributed by atoms with van der Waals surface area (Å²) in [6.07, 6.45) is 1.84. The largest absolute Gasteiger partial charge is 0.497 e. The lowest BCUT2D eigenvalue weighted by Gasteiger charge is -2.18. The maximum atomic E-state index is 13.2. The molecule has 7 nitrogen and oxygen atoms in total. The molecular weight excluding hydrogens is 410 g/mol. The van der Waals surface area contributed by atoms with Gasteiger partial charge in [-0.25, -0.2) is 0 Å². The monoisotopic (exact) mass is 437 g/mol. The first-order valence-electron chi connectivity index (χ1n) is 11.1. The van der Waals surface area contributed by atoms with Crippen molar-refractivity contribution < 1.29 is 28.5 Å². The Bertz CT molecular complexity index is 1000. The van der Waals surface area contributed by atoms with Crippen LogP contribution in [0.25, 0.3) is 0 Å². The molecule has 4 atom stereocenters. The summed E-state index contributed by atoms with van der Waals surface area (Å²) in [5.41, 5.74) is 0.523. The number of carbonyl (C=O) groups excluding carboxylic acids is 2. The van der Waals surface area contributed by atoms with Crippen LogP contribution in [0, 0.1) is 11.8 Å². The Morgan fingerprint density at radius 2 is 1.78 bits per heavy atom. The molecule has 1 aliphatic carbocycles. The minimum absolute atomic E-state index is 0.0215. The average molecular weight is 437 g/mol. The van der Waals surface area contributed by atoms with Crippen molar-refractivity contribution in [1.82, 2.24) is 5.32 Å². The molecular formula is C25H27NO6. The highest BCUT2D eigenvalue weighted by Gasteiger charge is 2.49. The number of ether oxygens (including phenoxy) is 4. The molecule has 2 aromatic carbocycles. The summed E-state index contributed by atoms with van der Waals surface area (Å²) >= 11 is 0. The fraction of sp³-hybridized carbons (Fsp3) is 0.440. The van der Waals surface area contributed by atoms with E-state index in [1.165, 1.54) is 0 Å². The van der Waals surface area contributed by atoms with Gasteiger partial charge in [0.2, 0.25) is 5.91 Å². The van der Waals surface area contributed by atoms with Crippen LogP contribution in [-0.2, 0) is 14.3 Å². The van der Waals surface area contributed by atoms with Crippen LogP contribution in [0.1, 0.15) is 29.6 Å². The first kappa shape index (κ1) is 21.0. The van der Waals surface area contributed by atoms with E-state index < -0.39 is 0 Å². The Hall–Kier alpha value is -2.90. The van der Waals surface area contributed by atoms with Gasteiger partial charge in [0.05, 0.1) is 38.0 Å². The lowest BCUT2D eigenvalue weighted by Crippen LogP contribution is -2.44. The molecule has 2 saturated heterocycles. The number of rotatable bonds is 8. The fourth-order valence-corrected chi connectivity index (χ4v) is 4.45. The maximum Gasteiger partial charge on any atom is 0.223 e. The van der Waals surface area contributed by atoms with Crippen LogP contribution >= 0.6 is 0 Å². The van der Waals surface area contributed by atoms with Crippen LogP contribution in [0.15, 0.2) is 48.5 Å². The number of methoxy groups -OCH3 is 1. The predicted molar refractivity (Wildman–Crippen MR) is 116 cm³/mol. The van der Waals surface area contributed by atoms with Crippen LogP contribution in [-0.4, -0.2) is 50.3 Å². The maximum absolute atomic E-state index is 13.2. The molecule has 5 rings (SSSR count). The molecule has 2 heterocycles.